The van der Waals surface area contributed by atoms with Crippen LogP contribution in [-0.2, 0) is 4.79 Å². The average molecular weight is 207 g/mol. The molecule has 0 aliphatic heterocycles. The van der Waals surface area contributed by atoms with Crippen molar-refractivity contribution in [1.82, 2.24) is 4.98 Å². The summed E-state index contributed by atoms with van der Waals surface area (Å²) in [6, 6.07) is 7.54. The Labute approximate surface area is 85.5 Å². The summed E-state index contributed by atoms with van der Waals surface area (Å²) in [5.74, 6) is 0. The monoisotopic (exact) mass is 207 g/mol. The number of benzene rings is 1. The smallest absolute Gasteiger partial charge is 0.257 e. The molecular formula is C10H9NO2S. The van der Waals surface area contributed by atoms with Crippen molar-refractivity contribution in [2.24, 2.45) is 0 Å². The van der Waals surface area contributed by atoms with Gasteiger partial charge < -0.3 is 9.21 Å². The van der Waals surface area contributed by atoms with Gasteiger partial charge in [0.1, 0.15) is 11.8 Å². The van der Waals surface area contributed by atoms with Gasteiger partial charge in [0.2, 0.25) is 0 Å². The van der Waals surface area contributed by atoms with Crippen LogP contribution >= 0.6 is 11.8 Å². The van der Waals surface area contributed by atoms with E-state index in [1.807, 2.05) is 31.2 Å². The predicted octanol–water partition coefficient (Wildman–Crippen LogP) is 2.51. The molecule has 1 atom stereocenters. The minimum atomic E-state index is -0.122. The second-order valence-electron chi connectivity index (χ2n) is 2.91. The van der Waals surface area contributed by atoms with Crippen molar-refractivity contribution in [3.05, 3.63) is 24.3 Å². The Balaban J connectivity index is 2.31. The summed E-state index contributed by atoms with van der Waals surface area (Å²) in [6.45, 7) is 1.81. The first-order valence-corrected chi connectivity index (χ1v) is 5.15. The van der Waals surface area contributed by atoms with Crippen LogP contribution in [0, 0.1) is 0 Å². The van der Waals surface area contributed by atoms with E-state index in [0.717, 1.165) is 17.4 Å². The predicted molar refractivity (Wildman–Crippen MR) is 55.4 cm³/mol. The molecule has 2 aromatic rings. The van der Waals surface area contributed by atoms with E-state index in [-0.39, 0.29) is 5.25 Å². The van der Waals surface area contributed by atoms with Crippen molar-refractivity contribution in [3.8, 4) is 0 Å². The number of oxazole rings is 1. The largest absolute Gasteiger partial charge is 0.431 e. The summed E-state index contributed by atoms with van der Waals surface area (Å²) in [5.41, 5.74) is 1.58. The second-order valence-corrected chi connectivity index (χ2v) is 4.24. The molecule has 4 heteroatoms. The molecule has 0 spiro atoms. The molecule has 14 heavy (non-hydrogen) atoms. The Bertz CT molecular complexity index is 419. The quantitative estimate of drug-likeness (QED) is 0.573. The van der Waals surface area contributed by atoms with Gasteiger partial charge in [-0.05, 0) is 19.1 Å². The fourth-order valence-corrected chi connectivity index (χ4v) is 1.75. The first-order chi connectivity index (χ1) is 6.79. The number of aromatic nitrogens is 1. The number of thioether (sulfide) groups is 1. The zero-order valence-electron chi connectivity index (χ0n) is 7.64. The topological polar surface area (TPSA) is 43.1 Å². The molecule has 0 fully saturated rings. The van der Waals surface area contributed by atoms with E-state index < -0.39 is 0 Å². The van der Waals surface area contributed by atoms with Gasteiger partial charge in [0.25, 0.3) is 5.22 Å². The van der Waals surface area contributed by atoms with E-state index in [4.69, 9.17) is 4.42 Å². The molecule has 0 aliphatic carbocycles. The highest BCUT2D eigenvalue weighted by molar-refractivity contribution is 8.00. The number of rotatable bonds is 3. The summed E-state index contributed by atoms with van der Waals surface area (Å²) in [4.78, 5) is 14.7. The molecule has 0 saturated heterocycles. The summed E-state index contributed by atoms with van der Waals surface area (Å²) < 4.78 is 5.43. The van der Waals surface area contributed by atoms with Crippen LogP contribution in [0.5, 0.6) is 0 Å². The first kappa shape index (κ1) is 9.27. The lowest BCUT2D eigenvalue weighted by Crippen LogP contribution is -1.95. The van der Waals surface area contributed by atoms with Crippen LogP contribution in [0.3, 0.4) is 0 Å². The Morgan fingerprint density at radius 2 is 2.29 bits per heavy atom. The molecule has 0 amide bonds. The minimum absolute atomic E-state index is 0.122. The molecule has 0 N–H and O–H groups in total. The van der Waals surface area contributed by atoms with E-state index in [1.165, 1.54) is 11.8 Å². The maximum absolute atomic E-state index is 10.4. The standard InChI is InChI=1S/C10H9NO2S/c1-7(6-12)14-10-11-8-4-2-3-5-9(8)13-10/h2-7H,1H3. The fourth-order valence-electron chi connectivity index (χ4n) is 1.09. The SMILES string of the molecule is CC(C=O)Sc1nc2ccccc2o1. The molecule has 1 aromatic heterocycles. The summed E-state index contributed by atoms with van der Waals surface area (Å²) >= 11 is 1.32. The number of aldehydes is 1. The van der Waals surface area contributed by atoms with Crippen molar-refractivity contribution in [2.45, 2.75) is 17.4 Å². The molecule has 0 bridgehead atoms. The maximum atomic E-state index is 10.4. The second kappa shape index (κ2) is 3.84. The number of nitrogens with zero attached hydrogens (tertiary/aromatic N) is 1. The Kier molecular flexibility index (Phi) is 2.54. The van der Waals surface area contributed by atoms with E-state index in [1.54, 1.807) is 0 Å². The van der Waals surface area contributed by atoms with Gasteiger partial charge in [0, 0.05) is 0 Å². The minimum Gasteiger partial charge on any atom is -0.431 e. The highest BCUT2D eigenvalue weighted by Crippen LogP contribution is 2.25. The maximum Gasteiger partial charge on any atom is 0.257 e. The lowest BCUT2D eigenvalue weighted by molar-refractivity contribution is -0.107. The van der Waals surface area contributed by atoms with Crippen LogP contribution in [0.2, 0.25) is 0 Å². The molecule has 1 unspecified atom stereocenters. The van der Waals surface area contributed by atoms with Gasteiger partial charge in [0.15, 0.2) is 5.58 Å². The van der Waals surface area contributed by atoms with Crippen LogP contribution in [0.15, 0.2) is 33.9 Å². The summed E-state index contributed by atoms with van der Waals surface area (Å²) in [5, 5.41) is 0.425. The van der Waals surface area contributed by atoms with Gasteiger partial charge in [-0.25, -0.2) is 4.98 Å². The average Bonchev–Trinajstić information content (AvgIpc) is 2.59. The van der Waals surface area contributed by atoms with Crippen molar-refractivity contribution >= 4 is 29.1 Å². The van der Waals surface area contributed by atoms with Crippen molar-refractivity contribution in [2.75, 3.05) is 0 Å². The lowest BCUT2D eigenvalue weighted by Gasteiger charge is -1.95. The zero-order chi connectivity index (χ0) is 9.97. The van der Waals surface area contributed by atoms with Crippen LogP contribution in [0.1, 0.15) is 6.92 Å². The third kappa shape index (κ3) is 1.80. The fraction of sp³-hybridized carbons (Fsp3) is 0.200. The number of para-hydroxylation sites is 2. The van der Waals surface area contributed by atoms with E-state index in [0.29, 0.717) is 5.22 Å². The van der Waals surface area contributed by atoms with Crippen molar-refractivity contribution in [3.63, 3.8) is 0 Å². The van der Waals surface area contributed by atoms with Crippen molar-refractivity contribution < 1.29 is 9.21 Å². The highest BCUT2D eigenvalue weighted by Gasteiger charge is 2.09. The Hall–Kier alpha value is -1.29. The van der Waals surface area contributed by atoms with E-state index in [9.17, 15) is 4.79 Å². The van der Waals surface area contributed by atoms with Crippen LogP contribution in [0.4, 0.5) is 0 Å². The summed E-state index contributed by atoms with van der Waals surface area (Å²) in [6.07, 6.45) is 0.875. The molecular weight excluding hydrogens is 198 g/mol. The molecule has 1 heterocycles. The number of hydrogen-bond acceptors (Lipinski definition) is 4. The molecule has 0 aliphatic rings. The van der Waals surface area contributed by atoms with Gasteiger partial charge in [-0.2, -0.15) is 0 Å². The van der Waals surface area contributed by atoms with Crippen molar-refractivity contribution in [1.29, 1.82) is 0 Å². The Morgan fingerprint density at radius 1 is 1.50 bits per heavy atom. The number of carbonyl (C=O) groups is 1. The Morgan fingerprint density at radius 3 is 3.00 bits per heavy atom. The molecule has 2 rings (SSSR count). The van der Waals surface area contributed by atoms with E-state index in [2.05, 4.69) is 4.98 Å². The van der Waals surface area contributed by atoms with Crippen LogP contribution in [0.25, 0.3) is 11.1 Å². The molecule has 0 radical (unpaired) electrons. The lowest BCUT2D eigenvalue weighted by atomic mass is 10.3. The number of carbonyl (C=O) groups excluding carboxylic acids is 1. The first-order valence-electron chi connectivity index (χ1n) is 4.27. The number of fused-ring (bicyclic) bond motifs is 1. The van der Waals surface area contributed by atoms with Gasteiger partial charge in [-0.3, -0.25) is 0 Å². The molecule has 72 valence electrons. The molecule has 1 aromatic carbocycles. The van der Waals surface area contributed by atoms with Crippen LogP contribution < -0.4 is 0 Å². The molecule has 3 nitrogen and oxygen atoms in total. The van der Waals surface area contributed by atoms with Gasteiger partial charge in [-0.15, -0.1) is 0 Å². The van der Waals surface area contributed by atoms with Gasteiger partial charge >= 0.3 is 0 Å². The normalized spacial score (nSPS) is 12.9. The zero-order valence-corrected chi connectivity index (χ0v) is 8.45. The summed E-state index contributed by atoms with van der Waals surface area (Å²) in [7, 11) is 0. The van der Waals surface area contributed by atoms with Gasteiger partial charge in [0.05, 0.1) is 5.25 Å². The molecule has 0 saturated carbocycles. The third-order valence-corrected chi connectivity index (χ3v) is 2.61. The van der Waals surface area contributed by atoms with Gasteiger partial charge in [-0.1, -0.05) is 23.9 Å². The van der Waals surface area contributed by atoms with Crippen LogP contribution in [-0.4, -0.2) is 16.5 Å². The van der Waals surface area contributed by atoms with E-state index >= 15 is 0 Å². The highest BCUT2D eigenvalue weighted by atomic mass is 32.2. The third-order valence-electron chi connectivity index (χ3n) is 1.75. The number of hydrogen-bond donors (Lipinski definition) is 0.